The van der Waals surface area contributed by atoms with Gasteiger partial charge in [-0.2, -0.15) is 5.10 Å². The third kappa shape index (κ3) is 5.07. The van der Waals surface area contributed by atoms with Crippen LogP contribution >= 0.6 is 0 Å². The van der Waals surface area contributed by atoms with E-state index in [1.54, 1.807) is 0 Å². The minimum absolute atomic E-state index is 0.669. The van der Waals surface area contributed by atoms with Crippen molar-refractivity contribution in [1.82, 2.24) is 9.91 Å². The van der Waals surface area contributed by atoms with Crippen LogP contribution in [0.1, 0.15) is 23.6 Å². The highest BCUT2D eigenvalue weighted by Crippen LogP contribution is 2.16. The minimum Gasteiger partial charge on any atom is -0.493 e. The van der Waals surface area contributed by atoms with E-state index in [2.05, 4.69) is 46.2 Å². The summed E-state index contributed by atoms with van der Waals surface area (Å²) in [7, 11) is 0. The fourth-order valence-corrected chi connectivity index (χ4v) is 2.98. The van der Waals surface area contributed by atoms with E-state index in [1.807, 2.05) is 37.4 Å². The number of hydrogen-bond donors (Lipinski definition) is 0. The molecule has 1 fully saturated rings. The van der Waals surface area contributed by atoms with Crippen molar-refractivity contribution in [2.75, 3.05) is 32.8 Å². The standard InChI is InChI=1S/C21H27N3O/c1-3-25-21-7-5-4-6-20(21)16-22-24-14-12-23(13-15-24)17-19-10-8-18(2)9-11-19/h4-11,16H,3,12-15,17H2,1-2H3/b22-16-. The smallest absolute Gasteiger partial charge is 0.128 e. The first-order valence-electron chi connectivity index (χ1n) is 9.03. The Labute approximate surface area is 150 Å². The molecule has 1 aliphatic heterocycles. The topological polar surface area (TPSA) is 28.1 Å². The second kappa shape index (κ2) is 8.67. The molecule has 0 saturated carbocycles. The van der Waals surface area contributed by atoms with Crippen LogP contribution in [0.3, 0.4) is 0 Å². The summed E-state index contributed by atoms with van der Waals surface area (Å²) in [5, 5.41) is 6.80. The molecule has 0 radical (unpaired) electrons. The average Bonchev–Trinajstić information content (AvgIpc) is 2.64. The fraction of sp³-hybridized carbons (Fsp3) is 0.381. The van der Waals surface area contributed by atoms with Crippen LogP contribution in [-0.4, -0.2) is 48.9 Å². The maximum atomic E-state index is 5.65. The van der Waals surface area contributed by atoms with Crippen molar-refractivity contribution >= 4 is 6.21 Å². The van der Waals surface area contributed by atoms with Gasteiger partial charge >= 0.3 is 0 Å². The Hall–Kier alpha value is -2.33. The fourth-order valence-electron chi connectivity index (χ4n) is 2.98. The van der Waals surface area contributed by atoms with Crippen LogP contribution in [0, 0.1) is 6.92 Å². The molecule has 3 rings (SSSR count). The molecule has 132 valence electrons. The van der Waals surface area contributed by atoms with Crippen molar-refractivity contribution in [2.24, 2.45) is 5.10 Å². The Kier molecular flexibility index (Phi) is 6.07. The van der Waals surface area contributed by atoms with Crippen molar-refractivity contribution in [3.8, 4) is 5.75 Å². The van der Waals surface area contributed by atoms with E-state index in [0.717, 1.165) is 44.0 Å². The summed E-state index contributed by atoms with van der Waals surface area (Å²) in [6, 6.07) is 16.9. The van der Waals surface area contributed by atoms with Crippen molar-refractivity contribution < 1.29 is 4.74 Å². The molecular weight excluding hydrogens is 310 g/mol. The maximum absolute atomic E-state index is 5.65. The number of nitrogens with zero attached hydrogens (tertiary/aromatic N) is 3. The first kappa shape index (κ1) is 17.5. The monoisotopic (exact) mass is 337 g/mol. The van der Waals surface area contributed by atoms with Crippen LogP contribution in [0.4, 0.5) is 0 Å². The Morgan fingerprint density at radius 3 is 2.44 bits per heavy atom. The van der Waals surface area contributed by atoms with Gasteiger partial charge in [-0.05, 0) is 31.5 Å². The molecule has 0 bridgehead atoms. The molecule has 1 heterocycles. The molecule has 1 saturated heterocycles. The number of ether oxygens (including phenoxy) is 1. The van der Waals surface area contributed by atoms with Crippen LogP contribution in [0.2, 0.25) is 0 Å². The number of rotatable bonds is 6. The molecule has 2 aromatic carbocycles. The van der Waals surface area contributed by atoms with Crippen molar-refractivity contribution in [3.63, 3.8) is 0 Å². The summed E-state index contributed by atoms with van der Waals surface area (Å²) in [6.45, 7) is 9.81. The molecule has 4 nitrogen and oxygen atoms in total. The van der Waals surface area contributed by atoms with Crippen molar-refractivity contribution in [2.45, 2.75) is 20.4 Å². The molecular formula is C21H27N3O. The average molecular weight is 337 g/mol. The summed E-state index contributed by atoms with van der Waals surface area (Å²) in [4.78, 5) is 2.49. The van der Waals surface area contributed by atoms with Gasteiger partial charge in [0, 0.05) is 38.3 Å². The lowest BCUT2D eigenvalue weighted by atomic mass is 10.1. The highest BCUT2D eigenvalue weighted by Gasteiger charge is 2.15. The highest BCUT2D eigenvalue weighted by atomic mass is 16.5. The molecule has 1 aliphatic rings. The zero-order valence-electron chi connectivity index (χ0n) is 15.2. The van der Waals surface area contributed by atoms with Gasteiger partial charge < -0.3 is 4.74 Å². The molecule has 0 spiro atoms. The lowest BCUT2D eigenvalue weighted by Crippen LogP contribution is -2.43. The molecule has 0 N–H and O–H groups in total. The number of piperazine rings is 1. The molecule has 0 aliphatic carbocycles. The quantitative estimate of drug-likeness (QED) is 0.755. The molecule has 0 unspecified atom stereocenters. The SMILES string of the molecule is CCOc1ccccc1/C=N\N1CCN(Cc2ccc(C)cc2)CC1. The largest absolute Gasteiger partial charge is 0.493 e. The third-order valence-corrected chi connectivity index (χ3v) is 4.45. The number of benzene rings is 2. The molecule has 4 heteroatoms. The van der Waals surface area contributed by atoms with Crippen LogP contribution in [0.5, 0.6) is 5.75 Å². The third-order valence-electron chi connectivity index (χ3n) is 4.45. The van der Waals surface area contributed by atoms with E-state index < -0.39 is 0 Å². The van der Waals surface area contributed by atoms with Gasteiger partial charge in [-0.1, -0.05) is 42.0 Å². The lowest BCUT2D eigenvalue weighted by molar-refractivity contribution is 0.131. The van der Waals surface area contributed by atoms with Crippen molar-refractivity contribution in [3.05, 3.63) is 65.2 Å². The van der Waals surface area contributed by atoms with Gasteiger partial charge in [-0.15, -0.1) is 0 Å². The van der Waals surface area contributed by atoms with Gasteiger partial charge in [-0.3, -0.25) is 9.91 Å². The lowest BCUT2D eigenvalue weighted by Gasteiger charge is -2.33. The Morgan fingerprint density at radius 1 is 1.00 bits per heavy atom. The van der Waals surface area contributed by atoms with Gasteiger partial charge in [0.1, 0.15) is 5.75 Å². The predicted molar refractivity (Wildman–Crippen MR) is 103 cm³/mol. The number of hydrazone groups is 1. The maximum Gasteiger partial charge on any atom is 0.128 e. The molecule has 0 atom stereocenters. The molecule has 2 aromatic rings. The summed E-state index contributed by atoms with van der Waals surface area (Å²) >= 11 is 0. The first-order chi connectivity index (χ1) is 12.2. The van der Waals surface area contributed by atoms with E-state index in [9.17, 15) is 0 Å². The second-order valence-corrected chi connectivity index (χ2v) is 6.43. The molecule has 0 aromatic heterocycles. The zero-order chi connectivity index (χ0) is 17.5. The Bertz CT molecular complexity index is 689. The molecule has 0 amide bonds. The number of aryl methyl sites for hydroxylation is 1. The van der Waals surface area contributed by atoms with Crippen LogP contribution < -0.4 is 4.74 Å². The van der Waals surface area contributed by atoms with Gasteiger partial charge in [0.2, 0.25) is 0 Å². The van der Waals surface area contributed by atoms with Gasteiger partial charge in [0.25, 0.3) is 0 Å². The van der Waals surface area contributed by atoms with E-state index in [1.165, 1.54) is 11.1 Å². The van der Waals surface area contributed by atoms with E-state index in [-0.39, 0.29) is 0 Å². The van der Waals surface area contributed by atoms with Crippen LogP contribution in [0.15, 0.2) is 53.6 Å². The van der Waals surface area contributed by atoms with Gasteiger partial charge in [-0.25, -0.2) is 0 Å². The van der Waals surface area contributed by atoms with E-state index in [0.29, 0.717) is 6.61 Å². The normalized spacial score (nSPS) is 15.7. The summed E-state index contributed by atoms with van der Waals surface area (Å²) in [5.74, 6) is 0.895. The predicted octanol–water partition coefficient (Wildman–Crippen LogP) is 3.55. The zero-order valence-corrected chi connectivity index (χ0v) is 15.2. The second-order valence-electron chi connectivity index (χ2n) is 6.43. The van der Waals surface area contributed by atoms with Crippen molar-refractivity contribution in [1.29, 1.82) is 0 Å². The number of hydrogen-bond acceptors (Lipinski definition) is 4. The Morgan fingerprint density at radius 2 is 1.72 bits per heavy atom. The van der Waals surface area contributed by atoms with Gasteiger partial charge in [0.15, 0.2) is 0 Å². The summed E-state index contributed by atoms with van der Waals surface area (Å²) in [5.41, 5.74) is 3.73. The van der Waals surface area contributed by atoms with E-state index >= 15 is 0 Å². The Balaban J connectivity index is 1.51. The summed E-state index contributed by atoms with van der Waals surface area (Å²) < 4.78 is 5.65. The summed E-state index contributed by atoms with van der Waals surface area (Å²) in [6.07, 6.45) is 1.92. The van der Waals surface area contributed by atoms with Gasteiger partial charge in [0.05, 0.1) is 12.8 Å². The molecule has 25 heavy (non-hydrogen) atoms. The van der Waals surface area contributed by atoms with Crippen LogP contribution in [-0.2, 0) is 6.54 Å². The number of para-hydroxylation sites is 1. The van der Waals surface area contributed by atoms with E-state index in [4.69, 9.17) is 4.74 Å². The van der Waals surface area contributed by atoms with Crippen LogP contribution in [0.25, 0.3) is 0 Å². The first-order valence-corrected chi connectivity index (χ1v) is 9.03. The highest BCUT2D eigenvalue weighted by molar-refractivity contribution is 5.83. The minimum atomic E-state index is 0.669.